The van der Waals surface area contributed by atoms with Crippen molar-refractivity contribution < 1.29 is 18.0 Å². The third kappa shape index (κ3) is 8.44. The fourth-order valence-corrected chi connectivity index (χ4v) is 27.2. The van der Waals surface area contributed by atoms with Gasteiger partial charge in [-0.25, -0.2) is 4.98 Å². The number of rotatable bonds is 17. The summed E-state index contributed by atoms with van der Waals surface area (Å²) in [7, 11) is -6.82. The summed E-state index contributed by atoms with van der Waals surface area (Å²) in [4.78, 5) is 6.22. The third-order valence-electron chi connectivity index (χ3n) is 11.8. The Morgan fingerprint density at radius 2 is 1.00 bits per heavy atom. The zero-order valence-electron chi connectivity index (χ0n) is 34.2. The molecule has 0 bridgehead atoms. The predicted molar refractivity (Wildman–Crippen MR) is 213 cm³/mol. The second-order valence-corrected chi connectivity index (χ2v) is 34.8. The average Bonchev–Trinajstić information content (AvgIpc) is 3.26. The summed E-state index contributed by atoms with van der Waals surface area (Å²) in [6, 6.07) is 0. The van der Waals surface area contributed by atoms with Gasteiger partial charge in [0.05, 0.1) is 18.4 Å². The van der Waals surface area contributed by atoms with Crippen LogP contribution in [0.5, 0.6) is 0 Å². The topological polar surface area (TPSA) is 49.8 Å². The molecule has 5 nitrogen and oxygen atoms in total. The molecule has 1 aliphatic heterocycles. The van der Waals surface area contributed by atoms with Crippen LogP contribution in [0.2, 0.25) is 49.9 Å². The van der Waals surface area contributed by atoms with E-state index in [0.717, 1.165) is 16.5 Å². The first kappa shape index (κ1) is 42.9. The van der Waals surface area contributed by atoms with Crippen molar-refractivity contribution in [3.8, 4) is 0 Å². The Balaban J connectivity index is 2.93. The lowest BCUT2D eigenvalue weighted by Crippen LogP contribution is -2.61. The molecule has 3 atom stereocenters. The SMILES string of the molecule is Cc1nc(C2=C[C@@H](O[Si](C(C)C)(C(C)C)C(C)C)[C@H](O[Si](C(C)C)(C(C)C)C(C)C)[C@@H](CO[Si](C(C)C)(C(C)C)C(C)C)O2)sc1C. The molecule has 1 aliphatic rings. The van der Waals surface area contributed by atoms with E-state index >= 15 is 0 Å². The van der Waals surface area contributed by atoms with E-state index in [-0.39, 0.29) is 18.3 Å². The molecule has 1 aromatic heterocycles. The van der Waals surface area contributed by atoms with Crippen molar-refractivity contribution in [2.45, 2.75) is 207 Å². The molecule has 0 saturated heterocycles. The molecule has 2 heterocycles. The van der Waals surface area contributed by atoms with Crippen molar-refractivity contribution in [2.75, 3.05) is 6.61 Å². The molecule has 2 rings (SSSR count). The van der Waals surface area contributed by atoms with Crippen molar-refractivity contribution in [1.29, 1.82) is 0 Å². The number of thiazole rings is 1. The molecule has 9 heteroatoms. The van der Waals surface area contributed by atoms with Gasteiger partial charge in [0.25, 0.3) is 0 Å². The van der Waals surface area contributed by atoms with E-state index in [1.165, 1.54) is 4.88 Å². The van der Waals surface area contributed by atoms with E-state index in [2.05, 4.69) is 145 Å². The van der Waals surface area contributed by atoms with Gasteiger partial charge in [0.15, 0.2) is 10.8 Å². The van der Waals surface area contributed by atoms with Gasteiger partial charge in [-0.2, -0.15) is 0 Å². The van der Waals surface area contributed by atoms with Crippen LogP contribution >= 0.6 is 11.3 Å². The van der Waals surface area contributed by atoms with Crippen LogP contribution in [0.15, 0.2) is 6.08 Å². The van der Waals surface area contributed by atoms with E-state index in [1.807, 2.05) is 0 Å². The summed E-state index contributed by atoms with van der Waals surface area (Å²) in [5, 5.41) is 0.933. The number of ether oxygens (including phenoxy) is 1. The monoisotopic (exact) mass is 725 g/mol. The van der Waals surface area contributed by atoms with Gasteiger partial charge in [0.2, 0.25) is 25.0 Å². The highest BCUT2D eigenvalue weighted by Gasteiger charge is 2.55. The number of nitrogens with zero attached hydrogens (tertiary/aromatic N) is 1. The summed E-state index contributed by atoms with van der Waals surface area (Å²) in [5.41, 5.74) is 5.18. The normalized spacial score (nSPS) is 20.4. The lowest BCUT2D eigenvalue weighted by Gasteiger charge is -2.52. The first-order valence-electron chi connectivity index (χ1n) is 18.9. The highest BCUT2D eigenvalue weighted by molar-refractivity contribution is 7.12. The van der Waals surface area contributed by atoms with Gasteiger partial charge >= 0.3 is 0 Å². The van der Waals surface area contributed by atoms with Crippen molar-refractivity contribution in [2.24, 2.45) is 0 Å². The van der Waals surface area contributed by atoms with Gasteiger partial charge in [-0.05, 0) is 69.8 Å². The maximum atomic E-state index is 7.82. The molecule has 0 spiro atoms. The Hall–Kier alpha value is -0.299. The molecule has 0 amide bonds. The second kappa shape index (κ2) is 16.8. The maximum absolute atomic E-state index is 7.82. The van der Waals surface area contributed by atoms with Gasteiger partial charge in [0.1, 0.15) is 12.2 Å². The van der Waals surface area contributed by atoms with Gasteiger partial charge < -0.3 is 18.0 Å². The summed E-state index contributed by atoms with van der Waals surface area (Å²) in [5.74, 6) is 0.834. The van der Waals surface area contributed by atoms with E-state index in [4.69, 9.17) is 23.0 Å². The lowest BCUT2D eigenvalue weighted by molar-refractivity contribution is -0.0620. The Kier molecular flexibility index (Phi) is 15.3. The minimum Gasteiger partial charge on any atom is -0.482 e. The summed E-state index contributed by atoms with van der Waals surface area (Å²) in [6.45, 7) is 47.5. The first-order chi connectivity index (χ1) is 21.5. The quantitative estimate of drug-likeness (QED) is 0.150. The van der Waals surface area contributed by atoms with Crippen molar-refractivity contribution in [3.05, 3.63) is 21.7 Å². The largest absolute Gasteiger partial charge is 0.482 e. The molecule has 0 aromatic carbocycles. The molecule has 47 heavy (non-hydrogen) atoms. The van der Waals surface area contributed by atoms with Crippen LogP contribution in [0.25, 0.3) is 5.76 Å². The second-order valence-electron chi connectivity index (χ2n) is 17.3. The number of hydrogen-bond donors (Lipinski definition) is 0. The van der Waals surface area contributed by atoms with Crippen LogP contribution in [-0.4, -0.2) is 54.9 Å². The lowest BCUT2D eigenvalue weighted by atomic mass is 10.0. The van der Waals surface area contributed by atoms with Crippen molar-refractivity contribution in [1.82, 2.24) is 4.98 Å². The molecule has 0 radical (unpaired) electrons. The summed E-state index contributed by atoms with van der Waals surface area (Å²) < 4.78 is 30.1. The first-order valence-corrected chi connectivity index (χ1v) is 26.1. The third-order valence-corrected chi connectivity index (χ3v) is 31.2. The molecule has 274 valence electrons. The fourth-order valence-electron chi connectivity index (χ4n) is 9.81. The highest BCUT2D eigenvalue weighted by atomic mass is 32.1. The maximum Gasteiger partial charge on any atom is 0.201 e. The zero-order chi connectivity index (χ0) is 36.4. The minimum absolute atomic E-state index is 0.243. The summed E-state index contributed by atoms with van der Waals surface area (Å²) in [6.07, 6.45) is 1.45. The van der Waals surface area contributed by atoms with Crippen LogP contribution in [-0.2, 0) is 18.0 Å². The standard InChI is InChI=1S/C38H75NO4SSi3/c1-23(2)45(24(3)4,25(5)6)40-22-36-37(43-47(29(13)14,30(15)16)31(17)18)34(42-46(26(7)8,27(9)10)28(11)12)21-35(41-36)38-39-32(19)33(20)44-38/h21,23-31,34,36-37H,22H2,1-20H3/t34-,36-,37+/m1/s1. The average molecular weight is 726 g/mol. The number of aromatic nitrogens is 1. The molecule has 0 unspecified atom stereocenters. The fraction of sp³-hybridized carbons (Fsp3) is 0.868. The van der Waals surface area contributed by atoms with Crippen LogP contribution < -0.4 is 0 Å². The van der Waals surface area contributed by atoms with Crippen molar-refractivity contribution in [3.63, 3.8) is 0 Å². The Morgan fingerprint density at radius 3 is 1.34 bits per heavy atom. The Bertz CT molecular complexity index is 1070. The molecular formula is C38H75NO4SSi3. The van der Waals surface area contributed by atoms with E-state index in [1.54, 1.807) is 11.3 Å². The van der Waals surface area contributed by atoms with E-state index in [0.29, 0.717) is 56.5 Å². The zero-order valence-corrected chi connectivity index (χ0v) is 38.0. The van der Waals surface area contributed by atoms with E-state index in [9.17, 15) is 0 Å². The number of aryl methyl sites for hydroxylation is 2. The Morgan fingerprint density at radius 1 is 0.617 bits per heavy atom. The van der Waals surface area contributed by atoms with Gasteiger partial charge in [0, 0.05) is 4.88 Å². The highest BCUT2D eigenvalue weighted by Crippen LogP contribution is 2.49. The van der Waals surface area contributed by atoms with E-state index < -0.39 is 25.0 Å². The summed E-state index contributed by atoms with van der Waals surface area (Å²) >= 11 is 1.72. The molecule has 0 aliphatic carbocycles. The van der Waals surface area contributed by atoms with Crippen LogP contribution in [0.4, 0.5) is 0 Å². The molecule has 0 saturated carbocycles. The minimum atomic E-state index is -2.33. The molecule has 0 N–H and O–H groups in total. The van der Waals surface area contributed by atoms with Crippen LogP contribution in [0.1, 0.15) is 140 Å². The molecular weight excluding hydrogens is 651 g/mol. The van der Waals surface area contributed by atoms with Crippen molar-refractivity contribution >= 4 is 42.0 Å². The van der Waals surface area contributed by atoms with Gasteiger partial charge in [-0.1, -0.05) is 125 Å². The van der Waals surface area contributed by atoms with Gasteiger partial charge in [-0.3, -0.25) is 0 Å². The van der Waals surface area contributed by atoms with Gasteiger partial charge in [-0.15, -0.1) is 11.3 Å². The molecule has 0 fully saturated rings. The van der Waals surface area contributed by atoms with Crippen LogP contribution in [0, 0.1) is 13.8 Å². The Labute approximate surface area is 298 Å². The predicted octanol–water partition coefficient (Wildman–Crippen LogP) is 12.8. The van der Waals surface area contributed by atoms with Crippen LogP contribution in [0.3, 0.4) is 0 Å². The molecule has 1 aromatic rings. The number of hydrogen-bond acceptors (Lipinski definition) is 6. The smallest absolute Gasteiger partial charge is 0.201 e.